The summed E-state index contributed by atoms with van der Waals surface area (Å²) in [6.07, 6.45) is 0.0573. The van der Waals surface area contributed by atoms with Gasteiger partial charge in [-0.25, -0.2) is 19.0 Å². The molecule has 0 aliphatic heterocycles. The second kappa shape index (κ2) is 10.8. The van der Waals surface area contributed by atoms with E-state index in [0.717, 1.165) is 27.9 Å². The zero-order valence-electron chi connectivity index (χ0n) is 21.4. The van der Waals surface area contributed by atoms with E-state index in [1.807, 2.05) is 44.2 Å². The van der Waals surface area contributed by atoms with Gasteiger partial charge >= 0.3 is 17.6 Å². The van der Waals surface area contributed by atoms with E-state index in [-0.39, 0.29) is 34.3 Å². The number of rotatable bonds is 10. The second-order valence-corrected chi connectivity index (χ2v) is 10.1. The molecule has 2 heterocycles. The highest BCUT2D eigenvalue weighted by Crippen LogP contribution is 2.31. The molecule has 0 fully saturated rings. The first-order valence-corrected chi connectivity index (χ1v) is 12.7. The number of fused-ring (bicyclic) bond motifs is 1. The molecular weight excluding hydrogens is 484 g/mol. The van der Waals surface area contributed by atoms with Gasteiger partial charge in [-0.05, 0) is 52.2 Å². The molecule has 3 aromatic rings. The molecule has 36 heavy (non-hydrogen) atoms. The zero-order valence-corrected chi connectivity index (χ0v) is 22.2. The van der Waals surface area contributed by atoms with Crippen molar-refractivity contribution >= 4 is 33.5 Å². The highest BCUT2D eigenvalue weighted by molar-refractivity contribution is 7.20. The predicted molar refractivity (Wildman–Crippen MR) is 138 cm³/mol. The first kappa shape index (κ1) is 27.3. The molecule has 1 N–H and O–H groups in total. The van der Waals surface area contributed by atoms with Crippen molar-refractivity contribution in [3.05, 3.63) is 67.2 Å². The molecular formula is C26H32N2O7S. The van der Waals surface area contributed by atoms with E-state index < -0.39 is 34.8 Å². The van der Waals surface area contributed by atoms with Gasteiger partial charge in [0.25, 0.3) is 5.56 Å². The van der Waals surface area contributed by atoms with E-state index in [2.05, 4.69) is 0 Å². The Hall–Kier alpha value is -3.24. The van der Waals surface area contributed by atoms with E-state index >= 15 is 0 Å². The largest absolute Gasteiger partial charge is 0.480 e. The van der Waals surface area contributed by atoms with Crippen molar-refractivity contribution in [3.63, 3.8) is 0 Å². The summed E-state index contributed by atoms with van der Waals surface area (Å²) in [6.45, 7) is 9.95. The minimum absolute atomic E-state index is 0.0158. The van der Waals surface area contributed by atoms with Gasteiger partial charge in [-0.15, -0.1) is 11.3 Å². The van der Waals surface area contributed by atoms with Crippen molar-refractivity contribution in [2.24, 2.45) is 0 Å². The summed E-state index contributed by atoms with van der Waals surface area (Å²) in [5.74, 6) is -1.93. The van der Waals surface area contributed by atoms with Crippen molar-refractivity contribution < 1.29 is 24.2 Å². The van der Waals surface area contributed by atoms with Gasteiger partial charge in [-0.2, -0.15) is 0 Å². The molecule has 0 spiro atoms. The smallest absolute Gasteiger partial charge is 0.348 e. The molecule has 1 aromatic carbocycles. The third kappa shape index (κ3) is 5.01. The standard InChI is InChI=1S/C26H32N2O7S/c1-7-15(3)35-18(17-12-10-9-11-13-17)14-27-22-19(16(4)20(36-22)23(30)34-8-2)21(29)28(25(27)33)26(5,6)24(31)32/h9-13,15,18H,7-8,14H2,1-6H3,(H,31,32)/t15-,18-/m0/s1. The van der Waals surface area contributed by atoms with Crippen LogP contribution < -0.4 is 11.2 Å². The van der Waals surface area contributed by atoms with Gasteiger partial charge in [0.1, 0.15) is 21.4 Å². The molecule has 2 atom stereocenters. The fourth-order valence-corrected chi connectivity index (χ4v) is 5.12. The number of ether oxygens (including phenoxy) is 2. The summed E-state index contributed by atoms with van der Waals surface area (Å²) in [7, 11) is 0. The molecule has 0 radical (unpaired) electrons. The van der Waals surface area contributed by atoms with E-state index in [0.29, 0.717) is 5.56 Å². The number of carboxylic acids is 1. The number of aromatic nitrogens is 2. The average molecular weight is 517 g/mol. The Kier molecular flexibility index (Phi) is 8.20. The van der Waals surface area contributed by atoms with Gasteiger partial charge in [0.2, 0.25) is 0 Å². The summed E-state index contributed by atoms with van der Waals surface area (Å²) in [5, 5.41) is 9.96. The van der Waals surface area contributed by atoms with Gasteiger partial charge < -0.3 is 14.6 Å². The molecule has 0 amide bonds. The maximum Gasteiger partial charge on any atom is 0.348 e. The molecule has 9 nitrogen and oxygen atoms in total. The summed E-state index contributed by atoms with van der Waals surface area (Å²) in [4.78, 5) is 52.5. The number of carboxylic acid groups (broad SMARTS) is 1. The van der Waals surface area contributed by atoms with Crippen LogP contribution in [0.3, 0.4) is 0 Å². The van der Waals surface area contributed by atoms with Crippen LogP contribution in [0.25, 0.3) is 10.2 Å². The van der Waals surface area contributed by atoms with Crippen LogP contribution in [0.5, 0.6) is 0 Å². The molecule has 0 aliphatic carbocycles. The maximum absolute atomic E-state index is 13.8. The highest BCUT2D eigenvalue weighted by atomic mass is 32.1. The minimum atomic E-state index is -1.83. The number of benzene rings is 1. The van der Waals surface area contributed by atoms with E-state index in [9.17, 15) is 24.3 Å². The lowest BCUT2D eigenvalue weighted by molar-refractivity contribution is -0.146. The Balaban J connectivity index is 2.37. The summed E-state index contributed by atoms with van der Waals surface area (Å²) >= 11 is 0.989. The molecule has 0 saturated carbocycles. The Morgan fingerprint density at radius 2 is 1.78 bits per heavy atom. The van der Waals surface area contributed by atoms with Crippen molar-refractivity contribution in [1.29, 1.82) is 0 Å². The Morgan fingerprint density at radius 1 is 1.14 bits per heavy atom. The Morgan fingerprint density at radius 3 is 2.33 bits per heavy atom. The molecule has 194 valence electrons. The van der Waals surface area contributed by atoms with E-state index in [4.69, 9.17) is 9.47 Å². The first-order valence-electron chi connectivity index (χ1n) is 11.9. The van der Waals surface area contributed by atoms with Gasteiger partial charge in [0.05, 0.1) is 24.6 Å². The minimum Gasteiger partial charge on any atom is -0.480 e. The topological polar surface area (TPSA) is 117 Å². The number of carbonyl (C=O) groups is 2. The van der Waals surface area contributed by atoms with Gasteiger partial charge in [0.15, 0.2) is 0 Å². The maximum atomic E-state index is 13.8. The van der Waals surface area contributed by atoms with Crippen molar-refractivity contribution in [2.75, 3.05) is 6.61 Å². The lowest BCUT2D eigenvalue weighted by Gasteiger charge is -2.26. The number of esters is 1. The van der Waals surface area contributed by atoms with Crippen molar-refractivity contribution in [2.45, 2.75) is 72.3 Å². The molecule has 0 unspecified atom stereocenters. The van der Waals surface area contributed by atoms with Crippen LogP contribution in [-0.4, -0.2) is 38.9 Å². The Bertz CT molecular complexity index is 1390. The number of carbonyl (C=O) groups excluding carboxylic acids is 1. The van der Waals surface area contributed by atoms with E-state index in [1.165, 1.54) is 18.4 Å². The average Bonchev–Trinajstić information content (AvgIpc) is 3.18. The number of aliphatic carboxylic acids is 1. The molecule has 0 bridgehead atoms. The van der Waals surface area contributed by atoms with Crippen LogP contribution >= 0.6 is 11.3 Å². The SMILES string of the molecule is CCOC(=O)c1sc2c(c1C)c(=O)n(C(C)(C)C(=O)O)c(=O)n2C[C@H](O[C@@H](C)CC)c1ccccc1. The van der Waals surface area contributed by atoms with Gasteiger partial charge in [-0.3, -0.25) is 9.36 Å². The monoisotopic (exact) mass is 516 g/mol. The third-order valence-electron chi connectivity index (χ3n) is 6.25. The van der Waals surface area contributed by atoms with Gasteiger partial charge in [-0.1, -0.05) is 37.3 Å². The van der Waals surface area contributed by atoms with Crippen LogP contribution in [0.2, 0.25) is 0 Å². The zero-order chi connectivity index (χ0) is 26.8. The second-order valence-electron chi connectivity index (χ2n) is 9.11. The number of hydrogen-bond acceptors (Lipinski definition) is 7. The van der Waals surface area contributed by atoms with E-state index in [1.54, 1.807) is 13.8 Å². The van der Waals surface area contributed by atoms with Crippen LogP contribution in [0.15, 0.2) is 39.9 Å². The van der Waals surface area contributed by atoms with Crippen LogP contribution in [-0.2, 0) is 26.4 Å². The molecule has 0 saturated heterocycles. The highest BCUT2D eigenvalue weighted by Gasteiger charge is 2.36. The Labute approximate surface area is 212 Å². The van der Waals surface area contributed by atoms with Gasteiger partial charge in [0, 0.05) is 0 Å². The van der Waals surface area contributed by atoms with Crippen LogP contribution in [0, 0.1) is 6.92 Å². The molecule has 3 rings (SSSR count). The van der Waals surface area contributed by atoms with Crippen molar-refractivity contribution in [1.82, 2.24) is 9.13 Å². The summed E-state index contributed by atoms with van der Waals surface area (Å²) in [6, 6.07) is 9.37. The fourth-order valence-electron chi connectivity index (χ4n) is 3.92. The fraction of sp³-hybridized carbons (Fsp3) is 0.462. The molecule has 2 aromatic heterocycles. The predicted octanol–water partition coefficient (Wildman–Crippen LogP) is 4.09. The lowest BCUT2D eigenvalue weighted by Crippen LogP contribution is -2.52. The number of nitrogens with zero attached hydrogens (tertiary/aromatic N) is 2. The van der Waals surface area contributed by atoms with Crippen LogP contribution in [0.1, 0.15) is 67.9 Å². The van der Waals surface area contributed by atoms with Crippen LogP contribution in [0.4, 0.5) is 0 Å². The number of thiophene rings is 1. The first-order chi connectivity index (χ1) is 16.9. The number of hydrogen-bond donors (Lipinski definition) is 1. The molecule has 10 heteroatoms. The molecule has 0 aliphatic rings. The van der Waals surface area contributed by atoms with Crippen molar-refractivity contribution in [3.8, 4) is 0 Å². The number of aryl methyl sites for hydroxylation is 1. The lowest BCUT2D eigenvalue weighted by atomic mass is 10.1. The summed E-state index contributed by atoms with van der Waals surface area (Å²) < 4.78 is 13.5. The summed E-state index contributed by atoms with van der Waals surface area (Å²) in [5.41, 5.74) is -2.21. The third-order valence-corrected chi connectivity index (χ3v) is 7.54. The quantitative estimate of drug-likeness (QED) is 0.404. The normalized spacial score (nSPS) is 13.5.